The number of hydrogen-bond donors (Lipinski definition) is 0. The van der Waals surface area contributed by atoms with Gasteiger partial charge in [-0.05, 0) is 38.5 Å². The van der Waals surface area contributed by atoms with E-state index in [1.165, 1.54) is 14.2 Å². The van der Waals surface area contributed by atoms with Crippen LogP contribution < -0.4 is 0 Å². The molecule has 0 aliphatic heterocycles. The maximum Gasteiger partial charge on any atom is 0.323 e. The molecule has 0 atom stereocenters. The fraction of sp³-hybridized carbons (Fsp3) is 0.684. The summed E-state index contributed by atoms with van der Waals surface area (Å²) in [6.07, 6.45) is 12.2. The second kappa shape index (κ2) is 12.9. The number of methoxy groups -OCH3 is 2. The third kappa shape index (κ3) is 7.49. The van der Waals surface area contributed by atoms with E-state index in [1.54, 1.807) is 0 Å². The van der Waals surface area contributed by atoms with E-state index in [4.69, 9.17) is 9.47 Å². The fourth-order valence-corrected chi connectivity index (χ4v) is 2.79. The third-order valence-electron chi connectivity index (χ3n) is 4.18. The van der Waals surface area contributed by atoms with Gasteiger partial charge in [0, 0.05) is 0 Å². The summed E-state index contributed by atoms with van der Waals surface area (Å²) < 4.78 is 9.85. The van der Waals surface area contributed by atoms with Crippen molar-refractivity contribution in [3.63, 3.8) is 0 Å². The Labute approximate surface area is 140 Å². The molecule has 0 bridgehead atoms. The van der Waals surface area contributed by atoms with E-state index in [1.807, 2.05) is 12.2 Å². The Morgan fingerprint density at radius 3 is 1.48 bits per heavy atom. The number of carbonyl (C=O) groups is 2. The first-order chi connectivity index (χ1) is 11.1. The molecule has 0 aromatic heterocycles. The molecule has 0 amide bonds. The van der Waals surface area contributed by atoms with E-state index < -0.39 is 17.4 Å². The van der Waals surface area contributed by atoms with Crippen LogP contribution in [0, 0.1) is 5.41 Å². The van der Waals surface area contributed by atoms with E-state index >= 15 is 0 Å². The van der Waals surface area contributed by atoms with Crippen molar-refractivity contribution < 1.29 is 19.1 Å². The molecule has 0 aliphatic rings. The van der Waals surface area contributed by atoms with Crippen LogP contribution in [0.3, 0.4) is 0 Å². The number of unbranched alkanes of at least 4 members (excludes halogenated alkanes) is 6. The highest BCUT2D eigenvalue weighted by Crippen LogP contribution is 2.35. The number of hydrogen-bond acceptors (Lipinski definition) is 4. The Morgan fingerprint density at radius 2 is 1.17 bits per heavy atom. The second-order valence-corrected chi connectivity index (χ2v) is 5.84. The Bertz CT molecular complexity index is 338. The van der Waals surface area contributed by atoms with Crippen molar-refractivity contribution in [1.29, 1.82) is 0 Å². The molecule has 0 saturated carbocycles. The Hall–Kier alpha value is -1.58. The van der Waals surface area contributed by atoms with Gasteiger partial charge in [-0.25, -0.2) is 0 Å². The lowest BCUT2D eigenvalue weighted by Gasteiger charge is -2.28. The average Bonchev–Trinajstić information content (AvgIpc) is 2.58. The minimum Gasteiger partial charge on any atom is -0.468 e. The standard InChI is InChI=1S/C19H32O4/c1-5-7-9-11-13-15-19(17(20)22-3,18(21)23-4)16-14-12-10-8-6-2/h5-6H,1-2,7-16H2,3-4H3. The van der Waals surface area contributed by atoms with Gasteiger partial charge in [0.1, 0.15) is 0 Å². The van der Waals surface area contributed by atoms with Crippen LogP contribution >= 0.6 is 0 Å². The minimum atomic E-state index is -1.16. The molecule has 0 aromatic rings. The number of ether oxygens (including phenoxy) is 2. The van der Waals surface area contributed by atoms with Crippen LogP contribution in [-0.4, -0.2) is 26.2 Å². The number of allylic oxidation sites excluding steroid dienone is 2. The lowest BCUT2D eigenvalue weighted by Crippen LogP contribution is -2.41. The van der Waals surface area contributed by atoms with Gasteiger partial charge < -0.3 is 9.47 Å². The molecule has 132 valence electrons. The number of carbonyl (C=O) groups excluding carboxylic acids is 2. The van der Waals surface area contributed by atoms with Crippen molar-refractivity contribution in [3.8, 4) is 0 Å². The predicted octanol–water partition coefficient (Wildman–Crippen LogP) is 4.59. The zero-order chi connectivity index (χ0) is 17.6. The van der Waals surface area contributed by atoms with Gasteiger partial charge in [0.05, 0.1) is 14.2 Å². The molecule has 4 heteroatoms. The lowest BCUT2D eigenvalue weighted by atomic mass is 9.77. The molecular weight excluding hydrogens is 292 g/mol. The zero-order valence-electron chi connectivity index (χ0n) is 14.8. The summed E-state index contributed by atoms with van der Waals surface area (Å²) >= 11 is 0. The van der Waals surface area contributed by atoms with Crippen LogP contribution in [0.15, 0.2) is 25.3 Å². The van der Waals surface area contributed by atoms with Crippen molar-refractivity contribution in [3.05, 3.63) is 25.3 Å². The smallest absolute Gasteiger partial charge is 0.323 e. The molecule has 23 heavy (non-hydrogen) atoms. The van der Waals surface area contributed by atoms with Crippen LogP contribution in [0.5, 0.6) is 0 Å². The van der Waals surface area contributed by atoms with Crippen molar-refractivity contribution in [2.45, 2.75) is 64.2 Å². The predicted molar refractivity (Wildman–Crippen MR) is 93.0 cm³/mol. The summed E-state index contributed by atoms with van der Waals surface area (Å²) in [6, 6.07) is 0. The Balaban J connectivity index is 4.81. The Morgan fingerprint density at radius 1 is 0.783 bits per heavy atom. The second-order valence-electron chi connectivity index (χ2n) is 5.84. The molecule has 0 saturated heterocycles. The Kier molecular flexibility index (Phi) is 12.0. The van der Waals surface area contributed by atoms with Crippen LogP contribution in [0.2, 0.25) is 0 Å². The van der Waals surface area contributed by atoms with Crippen LogP contribution in [-0.2, 0) is 19.1 Å². The summed E-state index contributed by atoms with van der Waals surface area (Å²) in [5.74, 6) is -0.950. The fourth-order valence-electron chi connectivity index (χ4n) is 2.79. The third-order valence-corrected chi connectivity index (χ3v) is 4.18. The lowest BCUT2D eigenvalue weighted by molar-refractivity contribution is -0.170. The van der Waals surface area contributed by atoms with Gasteiger partial charge in [-0.2, -0.15) is 0 Å². The van der Waals surface area contributed by atoms with Gasteiger partial charge in [-0.1, -0.05) is 37.8 Å². The highest BCUT2D eigenvalue weighted by atomic mass is 16.5. The highest BCUT2D eigenvalue weighted by Gasteiger charge is 2.47. The summed E-state index contributed by atoms with van der Waals surface area (Å²) in [4.78, 5) is 24.6. The van der Waals surface area contributed by atoms with Crippen molar-refractivity contribution in [1.82, 2.24) is 0 Å². The monoisotopic (exact) mass is 324 g/mol. The molecule has 0 N–H and O–H groups in total. The topological polar surface area (TPSA) is 52.6 Å². The summed E-state index contributed by atoms with van der Waals surface area (Å²) in [5, 5.41) is 0. The van der Waals surface area contributed by atoms with E-state index in [9.17, 15) is 9.59 Å². The van der Waals surface area contributed by atoms with Crippen molar-refractivity contribution in [2.24, 2.45) is 5.41 Å². The van der Waals surface area contributed by atoms with Gasteiger partial charge >= 0.3 is 11.9 Å². The number of rotatable bonds is 14. The molecule has 4 nitrogen and oxygen atoms in total. The molecule has 0 aliphatic carbocycles. The minimum absolute atomic E-state index is 0.475. The molecule has 0 aromatic carbocycles. The van der Waals surface area contributed by atoms with E-state index in [0.717, 1.165) is 51.4 Å². The molecule has 0 unspecified atom stereocenters. The first kappa shape index (κ1) is 21.4. The first-order valence-corrected chi connectivity index (χ1v) is 8.47. The largest absolute Gasteiger partial charge is 0.468 e. The van der Waals surface area contributed by atoms with Gasteiger partial charge in [-0.15, -0.1) is 13.2 Å². The van der Waals surface area contributed by atoms with E-state index in [0.29, 0.717) is 12.8 Å². The van der Waals surface area contributed by atoms with Gasteiger partial charge in [0.15, 0.2) is 5.41 Å². The molecule has 0 radical (unpaired) electrons. The molecule has 0 spiro atoms. The first-order valence-electron chi connectivity index (χ1n) is 8.47. The zero-order valence-corrected chi connectivity index (χ0v) is 14.8. The van der Waals surface area contributed by atoms with E-state index in [-0.39, 0.29) is 0 Å². The summed E-state index contributed by atoms with van der Waals surface area (Å²) in [7, 11) is 2.66. The number of esters is 2. The van der Waals surface area contributed by atoms with Crippen LogP contribution in [0.4, 0.5) is 0 Å². The van der Waals surface area contributed by atoms with Gasteiger partial charge in [-0.3, -0.25) is 9.59 Å². The van der Waals surface area contributed by atoms with E-state index in [2.05, 4.69) is 13.2 Å². The highest BCUT2D eigenvalue weighted by molar-refractivity contribution is 5.99. The SMILES string of the molecule is C=CCCCCCC(CCCCCC=C)(C(=O)OC)C(=O)OC. The van der Waals surface area contributed by atoms with Crippen molar-refractivity contribution in [2.75, 3.05) is 14.2 Å². The van der Waals surface area contributed by atoms with Crippen molar-refractivity contribution >= 4 is 11.9 Å². The van der Waals surface area contributed by atoms with Gasteiger partial charge in [0.2, 0.25) is 0 Å². The maximum atomic E-state index is 12.3. The molecule has 0 heterocycles. The van der Waals surface area contributed by atoms with Crippen LogP contribution in [0.25, 0.3) is 0 Å². The normalized spacial score (nSPS) is 10.9. The average molecular weight is 324 g/mol. The molecular formula is C19H32O4. The van der Waals surface area contributed by atoms with Gasteiger partial charge in [0.25, 0.3) is 0 Å². The summed E-state index contributed by atoms with van der Waals surface area (Å²) in [6.45, 7) is 7.40. The maximum absolute atomic E-state index is 12.3. The van der Waals surface area contributed by atoms with Crippen LogP contribution in [0.1, 0.15) is 64.2 Å². The molecule has 0 fully saturated rings. The molecule has 0 rings (SSSR count). The summed E-state index contributed by atoms with van der Waals surface area (Å²) in [5.41, 5.74) is -1.16. The quantitative estimate of drug-likeness (QED) is 0.203.